The molecule has 3 aromatic heterocycles. The quantitative estimate of drug-likeness (QED) is 0.224. The van der Waals surface area contributed by atoms with Gasteiger partial charge in [0.15, 0.2) is 5.82 Å². The van der Waals surface area contributed by atoms with Crippen LogP contribution in [-0.4, -0.2) is 20.7 Å². The van der Waals surface area contributed by atoms with Gasteiger partial charge in [-0.3, -0.25) is 0 Å². The second-order valence-corrected chi connectivity index (χ2v) is 8.03. The van der Waals surface area contributed by atoms with E-state index in [0.717, 1.165) is 34.3 Å². The molecule has 0 spiro atoms. The minimum Gasteiger partial charge on any atom is -0.366 e. The molecule has 0 saturated carbocycles. The average molecular weight is 440 g/mol. The molecule has 0 aliphatic rings. The van der Waals surface area contributed by atoms with Gasteiger partial charge in [0.2, 0.25) is 0 Å². The molecule has 4 rings (SSSR count). The van der Waals surface area contributed by atoms with E-state index in [1.807, 2.05) is 37.4 Å². The van der Waals surface area contributed by atoms with Gasteiger partial charge in [-0.2, -0.15) is 0 Å². The summed E-state index contributed by atoms with van der Waals surface area (Å²) in [7, 11) is 0. The van der Waals surface area contributed by atoms with Crippen LogP contribution in [-0.2, 0) is 13.0 Å². The van der Waals surface area contributed by atoms with E-state index in [0.29, 0.717) is 12.2 Å². The van der Waals surface area contributed by atoms with Gasteiger partial charge in [-0.15, -0.1) is 0 Å². The fourth-order valence-corrected chi connectivity index (χ4v) is 3.88. The standard InChI is InChI=1S/C23H23F2N5S/c1-2-10-31-30-20-7-6-19(24)18(22(20)25)14-28-21-8-5-15(12-27-21)11-16-13-29-23-17(16)4-3-9-26-23/h3-9,12-13,30H,2,10-11,14H2,1H3,(H,26,29)(H,27,28). The zero-order valence-electron chi connectivity index (χ0n) is 17.1. The molecule has 0 bridgehead atoms. The largest absolute Gasteiger partial charge is 0.366 e. The topological polar surface area (TPSA) is 65.6 Å². The predicted molar refractivity (Wildman–Crippen MR) is 123 cm³/mol. The molecule has 0 aliphatic carbocycles. The van der Waals surface area contributed by atoms with Crippen LogP contribution in [0.1, 0.15) is 30.0 Å². The third-order valence-corrected chi connectivity index (χ3v) is 5.85. The van der Waals surface area contributed by atoms with Gasteiger partial charge in [0.25, 0.3) is 0 Å². The van der Waals surface area contributed by atoms with Gasteiger partial charge >= 0.3 is 0 Å². The van der Waals surface area contributed by atoms with Crippen molar-refractivity contribution in [3.8, 4) is 0 Å². The highest BCUT2D eigenvalue weighted by atomic mass is 32.2. The number of hydrogen-bond acceptors (Lipinski definition) is 5. The zero-order valence-corrected chi connectivity index (χ0v) is 17.9. The van der Waals surface area contributed by atoms with Crippen molar-refractivity contribution in [2.24, 2.45) is 0 Å². The number of aromatic amines is 1. The number of H-pyrrole nitrogens is 1. The van der Waals surface area contributed by atoms with E-state index in [2.05, 4.69) is 25.0 Å². The molecule has 0 unspecified atom stereocenters. The number of benzene rings is 1. The summed E-state index contributed by atoms with van der Waals surface area (Å²) < 4.78 is 31.8. The average Bonchev–Trinajstić information content (AvgIpc) is 3.19. The van der Waals surface area contributed by atoms with Crippen molar-refractivity contribution in [3.05, 3.63) is 83.3 Å². The van der Waals surface area contributed by atoms with Gasteiger partial charge < -0.3 is 15.0 Å². The zero-order chi connectivity index (χ0) is 21.6. The van der Waals surface area contributed by atoms with Gasteiger partial charge in [0.05, 0.1) is 5.69 Å². The fraction of sp³-hybridized carbons (Fsp3) is 0.217. The molecule has 5 nitrogen and oxygen atoms in total. The number of hydrogen-bond donors (Lipinski definition) is 3. The Morgan fingerprint density at radius 2 is 2.00 bits per heavy atom. The Bertz CT molecular complexity index is 1160. The molecule has 0 radical (unpaired) electrons. The molecule has 0 atom stereocenters. The summed E-state index contributed by atoms with van der Waals surface area (Å²) in [5.74, 6) is 0.235. The van der Waals surface area contributed by atoms with Crippen LogP contribution in [0.3, 0.4) is 0 Å². The Labute approximate surface area is 183 Å². The predicted octanol–water partition coefficient (Wildman–Crippen LogP) is 5.91. The highest BCUT2D eigenvalue weighted by Crippen LogP contribution is 2.25. The van der Waals surface area contributed by atoms with Crippen molar-refractivity contribution in [1.29, 1.82) is 0 Å². The minimum atomic E-state index is -0.583. The summed E-state index contributed by atoms with van der Waals surface area (Å²) in [5.41, 5.74) is 3.30. The monoisotopic (exact) mass is 439 g/mol. The molecule has 0 fully saturated rings. The first-order chi connectivity index (χ1) is 15.2. The number of halogens is 2. The summed E-state index contributed by atoms with van der Waals surface area (Å²) >= 11 is 1.40. The highest BCUT2D eigenvalue weighted by Gasteiger charge is 2.14. The fourth-order valence-electron chi connectivity index (χ4n) is 3.26. The maximum absolute atomic E-state index is 14.7. The molecule has 8 heteroatoms. The van der Waals surface area contributed by atoms with Gasteiger partial charge in [0.1, 0.15) is 17.3 Å². The number of fused-ring (bicyclic) bond motifs is 1. The molecule has 31 heavy (non-hydrogen) atoms. The smallest absolute Gasteiger partial charge is 0.155 e. The molecule has 160 valence electrons. The van der Waals surface area contributed by atoms with Crippen LogP contribution < -0.4 is 10.0 Å². The van der Waals surface area contributed by atoms with Gasteiger partial charge in [0, 0.05) is 48.3 Å². The number of nitrogens with zero attached hydrogens (tertiary/aromatic N) is 2. The number of pyridine rings is 2. The van der Waals surface area contributed by atoms with E-state index in [4.69, 9.17) is 0 Å². The van der Waals surface area contributed by atoms with Crippen molar-refractivity contribution in [3.63, 3.8) is 0 Å². The molecule has 0 amide bonds. The van der Waals surface area contributed by atoms with Crippen LogP contribution >= 0.6 is 11.9 Å². The lowest BCUT2D eigenvalue weighted by Gasteiger charge is -2.12. The lowest BCUT2D eigenvalue weighted by Crippen LogP contribution is -2.07. The van der Waals surface area contributed by atoms with Gasteiger partial charge in [-0.25, -0.2) is 18.7 Å². The van der Waals surface area contributed by atoms with Crippen LogP contribution in [0, 0.1) is 11.6 Å². The highest BCUT2D eigenvalue weighted by molar-refractivity contribution is 8.00. The lowest BCUT2D eigenvalue weighted by molar-refractivity contribution is 0.563. The van der Waals surface area contributed by atoms with E-state index in [9.17, 15) is 8.78 Å². The van der Waals surface area contributed by atoms with Crippen molar-refractivity contribution in [2.45, 2.75) is 26.3 Å². The van der Waals surface area contributed by atoms with Crippen molar-refractivity contribution in [2.75, 3.05) is 15.8 Å². The lowest BCUT2D eigenvalue weighted by atomic mass is 10.1. The van der Waals surface area contributed by atoms with Crippen LogP contribution in [0.2, 0.25) is 0 Å². The van der Waals surface area contributed by atoms with Crippen LogP contribution in [0.15, 0.2) is 55.0 Å². The number of nitrogens with one attached hydrogen (secondary N) is 3. The Morgan fingerprint density at radius 1 is 1.10 bits per heavy atom. The number of rotatable bonds is 9. The number of anilines is 2. The molecule has 3 N–H and O–H groups in total. The summed E-state index contributed by atoms with van der Waals surface area (Å²) in [6.45, 7) is 2.05. The number of aromatic nitrogens is 3. The van der Waals surface area contributed by atoms with Crippen LogP contribution in [0.5, 0.6) is 0 Å². The summed E-state index contributed by atoms with van der Waals surface area (Å²) in [6, 6.07) is 10.4. The summed E-state index contributed by atoms with van der Waals surface area (Å²) in [4.78, 5) is 11.9. The molecule has 0 aliphatic heterocycles. The first kappa shape index (κ1) is 21.1. The first-order valence-corrected chi connectivity index (χ1v) is 11.1. The molecule has 1 aromatic carbocycles. The van der Waals surface area contributed by atoms with E-state index in [-0.39, 0.29) is 17.8 Å². The van der Waals surface area contributed by atoms with Crippen molar-refractivity contribution >= 4 is 34.5 Å². The minimum absolute atomic E-state index is 0.00605. The van der Waals surface area contributed by atoms with E-state index in [1.54, 1.807) is 12.4 Å². The third-order valence-electron chi connectivity index (χ3n) is 4.88. The molecule has 0 saturated heterocycles. The molecule has 3 heterocycles. The van der Waals surface area contributed by atoms with E-state index in [1.165, 1.54) is 24.1 Å². The Morgan fingerprint density at radius 3 is 2.81 bits per heavy atom. The Kier molecular flexibility index (Phi) is 6.66. The van der Waals surface area contributed by atoms with Gasteiger partial charge in [-0.1, -0.05) is 24.9 Å². The van der Waals surface area contributed by atoms with Gasteiger partial charge in [-0.05, 0) is 47.9 Å². The Balaban J connectivity index is 1.41. The maximum Gasteiger partial charge on any atom is 0.155 e. The van der Waals surface area contributed by atoms with E-state index >= 15 is 0 Å². The normalized spacial score (nSPS) is 11.1. The van der Waals surface area contributed by atoms with E-state index < -0.39 is 11.6 Å². The summed E-state index contributed by atoms with van der Waals surface area (Å²) in [5, 5.41) is 4.10. The molecular weight excluding hydrogens is 416 g/mol. The molecule has 4 aromatic rings. The molecular formula is C23H23F2N5S. The first-order valence-electron chi connectivity index (χ1n) is 10.1. The Hall–Kier alpha value is -3.13. The second-order valence-electron chi connectivity index (χ2n) is 7.13. The third kappa shape index (κ3) is 4.96. The van der Waals surface area contributed by atoms with Crippen LogP contribution in [0.25, 0.3) is 11.0 Å². The maximum atomic E-state index is 14.7. The van der Waals surface area contributed by atoms with Crippen molar-refractivity contribution in [1.82, 2.24) is 15.0 Å². The van der Waals surface area contributed by atoms with Crippen molar-refractivity contribution < 1.29 is 8.78 Å². The second kappa shape index (κ2) is 9.78. The van der Waals surface area contributed by atoms with Crippen LogP contribution in [0.4, 0.5) is 20.3 Å². The SMILES string of the molecule is CCCSNc1ccc(F)c(CNc2ccc(Cc3c[nH]c4ncccc34)cn2)c1F. The summed E-state index contributed by atoms with van der Waals surface area (Å²) in [6.07, 6.45) is 7.16.